The van der Waals surface area contributed by atoms with Crippen molar-refractivity contribution in [1.29, 1.82) is 0 Å². The zero-order valence-corrected chi connectivity index (χ0v) is 39.4. The van der Waals surface area contributed by atoms with Crippen LogP contribution in [0.5, 0.6) is 0 Å². The molecule has 0 aromatic carbocycles. The number of epoxide rings is 1. The summed E-state index contributed by atoms with van der Waals surface area (Å²) in [5, 5.41) is 41.2. The molecule has 0 aromatic heterocycles. The van der Waals surface area contributed by atoms with Crippen LogP contribution in [0.4, 0.5) is 0 Å². The molecule has 19 heteroatoms. The van der Waals surface area contributed by atoms with Crippen LogP contribution in [0, 0.1) is 0 Å². The maximum absolute atomic E-state index is 13.0. The molecule has 1 saturated carbocycles. The predicted octanol–water partition coefficient (Wildman–Crippen LogP) is 7.27. The van der Waals surface area contributed by atoms with Crippen molar-refractivity contribution in [3.63, 3.8) is 0 Å². The molecule has 0 amide bonds. The Morgan fingerprint density at radius 2 is 1.08 bits per heavy atom. The number of carbonyl (C=O) groups excluding carboxylic acids is 2. The molecule has 1 saturated heterocycles. The lowest BCUT2D eigenvalue weighted by Gasteiger charge is -2.43. The van der Waals surface area contributed by atoms with Crippen LogP contribution in [-0.2, 0) is 46.5 Å². The molecule has 0 aromatic rings. The Bertz CT molecular complexity index is 1540. The van der Waals surface area contributed by atoms with Crippen LogP contribution in [0.2, 0.25) is 0 Å². The van der Waals surface area contributed by atoms with Crippen molar-refractivity contribution < 1.29 is 81.6 Å². The minimum absolute atomic E-state index is 0.0429. The fourth-order valence-corrected chi connectivity index (χ4v) is 8.28. The van der Waals surface area contributed by atoms with Gasteiger partial charge in [-0.05, 0) is 77.0 Å². The molecule has 1 aliphatic carbocycles. The number of carbonyl (C=O) groups is 2. The van der Waals surface area contributed by atoms with Gasteiger partial charge in [0.25, 0.3) is 0 Å². The highest BCUT2D eigenvalue weighted by atomic mass is 31.2. The van der Waals surface area contributed by atoms with Crippen molar-refractivity contribution in [2.45, 2.75) is 197 Å². The standard InChI is InChI=1S/C45H76O17P2/c1-3-5-7-9-11-12-13-14-15-16-19-23-27-31-38(46)57-33-35(34-58-64(55,56)62-45-42(50)40(48)41(49)44(43(45)51)61-63(52,53)54)59-39(47)32-28-24-20-17-18-22-26-30-37-36(60-37)29-25-21-10-8-6-4-2/h7,9,12-13,17,20-22,25-26,35-37,40-45,48-51H,3-6,8,10-11,14-16,18-19,23-24,27-34H2,1-2H3,(H,55,56)(H2,52,53,54)/b9-7-,13-12-,20-17-,25-21-,26-22-/t35-,36?,37?,40?,41?,42?,43?,44-,45+/m1/s1. The topological polar surface area (TPSA) is 269 Å². The number of esters is 2. The van der Waals surface area contributed by atoms with E-state index in [1.165, 1.54) is 19.3 Å². The van der Waals surface area contributed by atoms with Crippen LogP contribution in [0.3, 0.4) is 0 Å². The second kappa shape index (κ2) is 33.2. The van der Waals surface area contributed by atoms with Crippen LogP contribution >= 0.6 is 15.6 Å². The first kappa shape index (κ1) is 57.8. The second-order valence-corrected chi connectivity index (χ2v) is 18.7. The highest BCUT2D eigenvalue weighted by Crippen LogP contribution is 2.49. The minimum atomic E-state index is -5.37. The molecule has 1 aliphatic heterocycles. The molecule has 368 valence electrons. The molecule has 0 bridgehead atoms. The summed E-state index contributed by atoms with van der Waals surface area (Å²) in [6.45, 7) is 2.93. The molecule has 2 fully saturated rings. The van der Waals surface area contributed by atoms with E-state index in [1.807, 2.05) is 12.2 Å². The van der Waals surface area contributed by atoms with E-state index in [1.54, 1.807) is 0 Å². The Kier molecular flexibility index (Phi) is 30.0. The molecular formula is C45H76O17P2. The molecule has 2 aliphatic rings. The number of unbranched alkanes of at least 4 members (excludes halogenated alkanes) is 10. The van der Waals surface area contributed by atoms with Gasteiger partial charge in [-0.3, -0.25) is 23.2 Å². The summed E-state index contributed by atoms with van der Waals surface area (Å²) < 4.78 is 55.0. The van der Waals surface area contributed by atoms with E-state index in [2.05, 4.69) is 67.0 Å². The maximum Gasteiger partial charge on any atom is 0.472 e. The van der Waals surface area contributed by atoms with Gasteiger partial charge < -0.3 is 49.3 Å². The Morgan fingerprint density at radius 3 is 1.70 bits per heavy atom. The number of aliphatic hydroxyl groups excluding tert-OH is 4. The van der Waals surface area contributed by atoms with Crippen molar-refractivity contribution >= 4 is 27.6 Å². The lowest BCUT2D eigenvalue weighted by atomic mass is 9.85. The van der Waals surface area contributed by atoms with Crippen LogP contribution in [0.15, 0.2) is 60.8 Å². The normalized spacial score (nSPS) is 25.5. The number of hydrogen-bond acceptors (Lipinski definition) is 14. The molecule has 7 N–H and O–H groups in total. The maximum atomic E-state index is 13.0. The number of ether oxygens (including phenoxy) is 3. The van der Waals surface area contributed by atoms with Crippen molar-refractivity contribution in [1.82, 2.24) is 0 Å². The van der Waals surface area contributed by atoms with Gasteiger partial charge in [-0.1, -0.05) is 113 Å². The Labute approximate surface area is 379 Å². The highest BCUT2D eigenvalue weighted by Gasteiger charge is 2.54. The number of aliphatic hydroxyl groups is 4. The van der Waals surface area contributed by atoms with Crippen molar-refractivity contribution in [3.8, 4) is 0 Å². The highest BCUT2D eigenvalue weighted by molar-refractivity contribution is 7.47. The fraction of sp³-hybridized carbons (Fsp3) is 0.733. The minimum Gasteiger partial charge on any atom is -0.462 e. The van der Waals surface area contributed by atoms with Crippen molar-refractivity contribution in [2.75, 3.05) is 13.2 Å². The molecular weight excluding hydrogens is 874 g/mol. The van der Waals surface area contributed by atoms with Gasteiger partial charge >= 0.3 is 27.6 Å². The molecule has 0 spiro atoms. The summed E-state index contributed by atoms with van der Waals surface area (Å²) in [5.74, 6) is -1.30. The van der Waals surface area contributed by atoms with Crippen LogP contribution in [0.25, 0.3) is 0 Å². The quantitative estimate of drug-likeness (QED) is 0.0107. The number of phosphoric acid groups is 2. The van der Waals surface area contributed by atoms with Crippen molar-refractivity contribution in [3.05, 3.63) is 60.8 Å². The monoisotopic (exact) mass is 950 g/mol. The third-order valence-electron chi connectivity index (χ3n) is 10.4. The SMILES string of the molecule is CCC/C=C\C/C=C\CCCCCCCC(=O)OC[C@H](COP(=O)(O)O[C@H]1C(O)C(O)C(O)[C@@H](OP(=O)(O)O)C1O)OC(=O)CCC/C=C\C/C=C\CC1OC1C/C=C\CCCCC. The van der Waals surface area contributed by atoms with Crippen LogP contribution in [-0.4, -0.2) is 115 Å². The average Bonchev–Trinajstić information content (AvgIpc) is 4.01. The van der Waals surface area contributed by atoms with E-state index in [0.29, 0.717) is 25.7 Å². The molecule has 2 rings (SSSR count). The van der Waals surface area contributed by atoms with E-state index >= 15 is 0 Å². The number of rotatable bonds is 36. The van der Waals surface area contributed by atoms with Gasteiger partial charge in [-0.2, -0.15) is 0 Å². The van der Waals surface area contributed by atoms with Crippen LogP contribution in [0.1, 0.15) is 142 Å². The second-order valence-electron chi connectivity index (χ2n) is 16.1. The molecule has 0 radical (unpaired) electrons. The largest absolute Gasteiger partial charge is 0.472 e. The molecule has 64 heavy (non-hydrogen) atoms. The van der Waals surface area contributed by atoms with E-state index in [-0.39, 0.29) is 25.0 Å². The first-order valence-corrected chi connectivity index (χ1v) is 26.0. The lowest BCUT2D eigenvalue weighted by Crippen LogP contribution is -2.64. The molecule has 1 heterocycles. The predicted molar refractivity (Wildman–Crippen MR) is 240 cm³/mol. The molecule has 10 atom stereocenters. The first-order valence-electron chi connectivity index (χ1n) is 23.0. The zero-order chi connectivity index (χ0) is 47.2. The number of phosphoric ester groups is 2. The van der Waals surface area contributed by atoms with Gasteiger partial charge in [0.2, 0.25) is 0 Å². The van der Waals surface area contributed by atoms with Crippen LogP contribution < -0.4 is 0 Å². The van der Waals surface area contributed by atoms with Gasteiger partial charge in [0.1, 0.15) is 43.2 Å². The van der Waals surface area contributed by atoms with Gasteiger partial charge in [0, 0.05) is 12.8 Å². The third-order valence-corrected chi connectivity index (χ3v) is 12.0. The number of allylic oxidation sites excluding steroid dienone is 8. The molecule has 7 unspecified atom stereocenters. The summed E-state index contributed by atoms with van der Waals surface area (Å²) in [4.78, 5) is 54.2. The van der Waals surface area contributed by atoms with Gasteiger partial charge in [-0.15, -0.1) is 0 Å². The van der Waals surface area contributed by atoms with E-state index in [0.717, 1.165) is 70.6 Å². The third kappa shape index (κ3) is 26.7. The average molecular weight is 951 g/mol. The van der Waals surface area contributed by atoms with E-state index in [9.17, 15) is 44.0 Å². The first-order chi connectivity index (χ1) is 30.6. The van der Waals surface area contributed by atoms with Gasteiger partial charge in [-0.25, -0.2) is 9.13 Å². The Morgan fingerprint density at radius 1 is 0.562 bits per heavy atom. The number of hydrogen-bond donors (Lipinski definition) is 7. The summed E-state index contributed by atoms with van der Waals surface area (Å²) >= 11 is 0. The van der Waals surface area contributed by atoms with Gasteiger partial charge in [0.05, 0.1) is 18.8 Å². The van der Waals surface area contributed by atoms with E-state index in [4.69, 9.17) is 33.0 Å². The fourth-order valence-electron chi connectivity index (χ4n) is 6.74. The zero-order valence-electron chi connectivity index (χ0n) is 37.6. The summed E-state index contributed by atoms with van der Waals surface area (Å²) in [6, 6.07) is 0. The Balaban J connectivity index is 1.84. The lowest BCUT2D eigenvalue weighted by molar-refractivity contribution is -0.216. The Hall–Kier alpha value is -2.34. The van der Waals surface area contributed by atoms with Gasteiger partial charge in [0.15, 0.2) is 6.10 Å². The summed E-state index contributed by atoms with van der Waals surface area (Å²) in [7, 11) is -10.7. The van der Waals surface area contributed by atoms with Crippen molar-refractivity contribution in [2.24, 2.45) is 0 Å². The summed E-state index contributed by atoms with van der Waals surface area (Å²) in [6.07, 6.45) is 23.6. The summed E-state index contributed by atoms with van der Waals surface area (Å²) in [5.41, 5.74) is 0. The smallest absolute Gasteiger partial charge is 0.462 e. The molecule has 17 nitrogen and oxygen atoms in total. The van der Waals surface area contributed by atoms with E-state index < -0.39 is 83.5 Å².